The molecule has 0 aromatic carbocycles. The molecule has 1 aliphatic heterocycles. The van der Waals surface area contributed by atoms with Crippen LogP contribution in [0.4, 0.5) is 0 Å². The van der Waals surface area contributed by atoms with Crippen molar-refractivity contribution < 1.29 is 28.6 Å². The molecule has 0 aromatic heterocycles. The molecular weight excluding hydrogens is 252 g/mol. The maximum absolute atomic E-state index is 11.7. The molecule has 6 atom stereocenters. The molecule has 6 heteroatoms. The summed E-state index contributed by atoms with van der Waals surface area (Å²) in [7, 11) is 0. The Hall–Kier alpha value is -1.59. The molecule has 3 rings (SSSR count). The van der Waals surface area contributed by atoms with Gasteiger partial charge in [0.1, 0.15) is 12.2 Å². The smallest absolute Gasteiger partial charge is 0.309 e. The van der Waals surface area contributed by atoms with E-state index >= 15 is 0 Å². The summed E-state index contributed by atoms with van der Waals surface area (Å²) >= 11 is 0. The first-order chi connectivity index (χ1) is 8.99. The molecule has 0 aromatic rings. The fourth-order valence-electron chi connectivity index (χ4n) is 4.02. The van der Waals surface area contributed by atoms with Crippen LogP contribution in [0.15, 0.2) is 0 Å². The van der Waals surface area contributed by atoms with E-state index in [0.717, 1.165) is 0 Å². The molecule has 2 bridgehead atoms. The highest BCUT2D eigenvalue weighted by Gasteiger charge is 2.66. The van der Waals surface area contributed by atoms with Gasteiger partial charge in [-0.1, -0.05) is 0 Å². The molecule has 1 heterocycles. The van der Waals surface area contributed by atoms with E-state index in [4.69, 9.17) is 14.2 Å². The van der Waals surface area contributed by atoms with Crippen molar-refractivity contribution in [3.8, 4) is 0 Å². The first-order valence-electron chi connectivity index (χ1n) is 6.50. The number of cyclic esters (lactones) is 1. The first kappa shape index (κ1) is 12.4. The molecule has 19 heavy (non-hydrogen) atoms. The molecule has 1 saturated heterocycles. The average molecular weight is 268 g/mol. The number of fused-ring (bicyclic) bond motifs is 5. The van der Waals surface area contributed by atoms with E-state index in [9.17, 15) is 14.4 Å². The predicted molar refractivity (Wildman–Crippen MR) is 60.6 cm³/mol. The molecule has 3 fully saturated rings. The van der Waals surface area contributed by atoms with E-state index < -0.39 is 0 Å². The molecule has 104 valence electrons. The highest BCUT2D eigenvalue weighted by molar-refractivity contribution is 5.77. The highest BCUT2D eigenvalue weighted by Crippen LogP contribution is 2.57. The van der Waals surface area contributed by atoms with Gasteiger partial charge in [0.25, 0.3) is 0 Å². The maximum Gasteiger partial charge on any atom is 0.309 e. The second-order valence-electron chi connectivity index (χ2n) is 5.52. The molecule has 0 amide bonds. The summed E-state index contributed by atoms with van der Waals surface area (Å²) in [5.41, 5.74) is 0. The molecule has 3 aliphatic rings. The van der Waals surface area contributed by atoms with E-state index in [-0.39, 0.29) is 53.8 Å². The van der Waals surface area contributed by atoms with Crippen LogP contribution in [-0.4, -0.2) is 36.7 Å². The van der Waals surface area contributed by atoms with Gasteiger partial charge < -0.3 is 14.2 Å². The normalized spacial score (nSPS) is 42.7. The van der Waals surface area contributed by atoms with E-state index in [2.05, 4.69) is 0 Å². The minimum absolute atomic E-state index is 0.0000463. The van der Waals surface area contributed by atoms with Gasteiger partial charge in [-0.2, -0.15) is 0 Å². The van der Waals surface area contributed by atoms with Crippen LogP contribution in [0.5, 0.6) is 0 Å². The molecule has 0 N–H and O–H groups in total. The molecule has 6 nitrogen and oxygen atoms in total. The topological polar surface area (TPSA) is 78.9 Å². The summed E-state index contributed by atoms with van der Waals surface area (Å²) in [5.74, 6) is -1.33. The Bertz CT molecular complexity index is 444. The lowest BCUT2D eigenvalue weighted by Crippen LogP contribution is -2.35. The van der Waals surface area contributed by atoms with Crippen molar-refractivity contribution in [2.75, 3.05) is 6.61 Å². The van der Waals surface area contributed by atoms with Gasteiger partial charge in [0.2, 0.25) is 0 Å². The SMILES string of the molecule is CC(=O)O[C@H]1[C@@H]2C[C@H](OC(C)=O)[C@H]1[C@@H]1COC(=O)[C@@H]12. The number of hydrogen-bond acceptors (Lipinski definition) is 6. The van der Waals surface area contributed by atoms with Crippen molar-refractivity contribution in [2.24, 2.45) is 23.7 Å². The third kappa shape index (κ3) is 1.81. The number of rotatable bonds is 2. The van der Waals surface area contributed by atoms with Crippen LogP contribution in [0.2, 0.25) is 0 Å². The van der Waals surface area contributed by atoms with Gasteiger partial charge in [-0.25, -0.2) is 0 Å². The summed E-state index contributed by atoms with van der Waals surface area (Å²) in [6, 6.07) is 0. The minimum Gasteiger partial charge on any atom is -0.465 e. The van der Waals surface area contributed by atoms with Crippen LogP contribution in [0, 0.1) is 23.7 Å². The van der Waals surface area contributed by atoms with Crippen LogP contribution in [-0.2, 0) is 28.6 Å². The summed E-state index contributed by atoms with van der Waals surface area (Å²) in [6.45, 7) is 3.05. The second kappa shape index (κ2) is 4.21. The van der Waals surface area contributed by atoms with Crippen molar-refractivity contribution in [3.05, 3.63) is 0 Å². The van der Waals surface area contributed by atoms with Crippen LogP contribution < -0.4 is 0 Å². The van der Waals surface area contributed by atoms with Gasteiger partial charge in [-0.15, -0.1) is 0 Å². The molecule has 0 unspecified atom stereocenters. The van der Waals surface area contributed by atoms with Crippen molar-refractivity contribution in [2.45, 2.75) is 32.5 Å². The fourth-order valence-corrected chi connectivity index (χ4v) is 4.02. The van der Waals surface area contributed by atoms with Gasteiger partial charge in [-0.05, 0) is 6.42 Å². The number of esters is 3. The molecular formula is C13H16O6. The van der Waals surface area contributed by atoms with E-state index in [0.29, 0.717) is 13.0 Å². The van der Waals surface area contributed by atoms with Crippen LogP contribution in [0.25, 0.3) is 0 Å². The van der Waals surface area contributed by atoms with Crippen LogP contribution in [0.1, 0.15) is 20.3 Å². The van der Waals surface area contributed by atoms with Gasteiger partial charge in [-0.3, -0.25) is 14.4 Å². The average Bonchev–Trinajstić information content (AvgIpc) is 2.89. The monoisotopic (exact) mass is 268 g/mol. The lowest BCUT2D eigenvalue weighted by Gasteiger charge is -2.27. The second-order valence-corrected chi connectivity index (χ2v) is 5.52. The van der Waals surface area contributed by atoms with E-state index in [1.54, 1.807) is 0 Å². The Kier molecular flexibility index (Phi) is 2.76. The third-order valence-corrected chi connectivity index (χ3v) is 4.46. The van der Waals surface area contributed by atoms with E-state index in [1.165, 1.54) is 13.8 Å². The number of carbonyl (C=O) groups is 3. The van der Waals surface area contributed by atoms with Crippen LogP contribution >= 0.6 is 0 Å². The molecule has 2 aliphatic carbocycles. The third-order valence-electron chi connectivity index (χ3n) is 4.46. The van der Waals surface area contributed by atoms with Crippen molar-refractivity contribution in [1.29, 1.82) is 0 Å². The Balaban J connectivity index is 1.85. The lowest BCUT2D eigenvalue weighted by molar-refractivity contribution is -0.155. The quantitative estimate of drug-likeness (QED) is 0.529. The zero-order valence-corrected chi connectivity index (χ0v) is 10.8. The zero-order valence-electron chi connectivity index (χ0n) is 10.8. The van der Waals surface area contributed by atoms with Gasteiger partial charge >= 0.3 is 17.9 Å². The van der Waals surface area contributed by atoms with Gasteiger partial charge in [0.15, 0.2) is 0 Å². The molecule has 0 spiro atoms. The van der Waals surface area contributed by atoms with Crippen LogP contribution in [0.3, 0.4) is 0 Å². The number of ether oxygens (including phenoxy) is 3. The predicted octanol–water partition coefficient (Wildman–Crippen LogP) is 0.289. The van der Waals surface area contributed by atoms with Crippen molar-refractivity contribution in [1.82, 2.24) is 0 Å². The maximum atomic E-state index is 11.7. The van der Waals surface area contributed by atoms with E-state index in [1.807, 2.05) is 0 Å². The summed E-state index contributed by atoms with van der Waals surface area (Å²) in [4.78, 5) is 34.1. The Morgan fingerprint density at radius 3 is 2.47 bits per heavy atom. The molecule has 0 radical (unpaired) electrons. The molecule has 2 saturated carbocycles. The fraction of sp³-hybridized carbons (Fsp3) is 0.769. The summed E-state index contributed by atoms with van der Waals surface area (Å²) in [5, 5.41) is 0. The number of hydrogen-bond donors (Lipinski definition) is 0. The van der Waals surface area contributed by atoms with Gasteiger partial charge in [0.05, 0.1) is 12.5 Å². The van der Waals surface area contributed by atoms with Crippen molar-refractivity contribution >= 4 is 17.9 Å². The van der Waals surface area contributed by atoms with Crippen molar-refractivity contribution in [3.63, 3.8) is 0 Å². The zero-order chi connectivity index (χ0) is 13.7. The van der Waals surface area contributed by atoms with Gasteiger partial charge in [0, 0.05) is 31.6 Å². The number of carbonyl (C=O) groups excluding carboxylic acids is 3. The first-order valence-corrected chi connectivity index (χ1v) is 6.50. The summed E-state index contributed by atoms with van der Waals surface area (Å²) in [6.07, 6.45) is -0.0364. The lowest BCUT2D eigenvalue weighted by atomic mass is 9.80. The Morgan fingerprint density at radius 1 is 1.16 bits per heavy atom. The Labute approximate surface area is 110 Å². The minimum atomic E-state index is -0.364. The summed E-state index contributed by atoms with van der Waals surface area (Å²) < 4.78 is 15.7. The Morgan fingerprint density at radius 2 is 1.84 bits per heavy atom. The largest absolute Gasteiger partial charge is 0.465 e. The standard InChI is InChI=1S/C13H16O6/c1-5(14)18-9-3-7-10-8(4-17-13(10)16)11(9)12(7)19-6(2)15/h7-12H,3-4H2,1-2H3/t7-,8-,9+,10-,11-,12+/m1/s1. The highest BCUT2D eigenvalue weighted by atomic mass is 16.6.